The fourth-order valence-corrected chi connectivity index (χ4v) is 2.50. The maximum absolute atomic E-state index is 11.1. The molecule has 2 aromatic carbocycles. The smallest absolute Gasteiger partial charge is 0.335 e. The van der Waals surface area contributed by atoms with E-state index in [-0.39, 0.29) is 5.56 Å². The molecule has 0 bridgehead atoms. The lowest BCUT2D eigenvalue weighted by Gasteiger charge is -2.14. The molecule has 0 amide bonds. The van der Waals surface area contributed by atoms with Gasteiger partial charge in [-0.1, -0.05) is 24.6 Å². The summed E-state index contributed by atoms with van der Waals surface area (Å²) in [5, 5.41) is 9.78. The Morgan fingerprint density at radius 2 is 1.96 bits per heavy atom. The summed E-state index contributed by atoms with van der Waals surface area (Å²) >= 11 is 6.17. The highest BCUT2D eigenvalue weighted by Gasteiger charge is 2.11. The number of halogens is 1. The number of benzene rings is 2. The molecular weight excluding hydrogens is 312 g/mol. The Bertz CT molecular complexity index is 763. The number of hydrogen-bond donors (Lipinski definition) is 1. The maximum Gasteiger partial charge on any atom is 0.335 e. The minimum absolute atomic E-state index is 0.196. The summed E-state index contributed by atoms with van der Waals surface area (Å²) in [5.41, 5.74) is 3.05. The summed E-state index contributed by atoms with van der Waals surface area (Å²) in [7, 11) is 0. The zero-order valence-corrected chi connectivity index (χ0v) is 14.1. The number of aryl methyl sites for hydroxylation is 2. The van der Waals surface area contributed by atoms with Crippen LogP contribution >= 0.6 is 11.6 Å². The van der Waals surface area contributed by atoms with Crippen molar-refractivity contribution in [2.75, 3.05) is 0 Å². The van der Waals surface area contributed by atoms with Gasteiger partial charge < -0.3 is 9.84 Å². The molecule has 120 valence electrons. The number of allylic oxidation sites excluding steroid dienone is 1. The molecule has 4 heteroatoms. The van der Waals surface area contributed by atoms with E-state index in [2.05, 4.69) is 6.92 Å². The molecule has 0 aliphatic carbocycles. The van der Waals surface area contributed by atoms with Crippen molar-refractivity contribution in [1.29, 1.82) is 0 Å². The van der Waals surface area contributed by atoms with Gasteiger partial charge in [0, 0.05) is 10.6 Å². The Balaban J connectivity index is 2.39. The monoisotopic (exact) mass is 330 g/mol. The van der Waals surface area contributed by atoms with Crippen LogP contribution in [0, 0.1) is 6.92 Å². The zero-order valence-electron chi connectivity index (χ0n) is 13.4. The third-order valence-corrected chi connectivity index (χ3v) is 3.79. The van der Waals surface area contributed by atoms with Gasteiger partial charge in [-0.05, 0) is 67.8 Å². The van der Waals surface area contributed by atoms with E-state index in [9.17, 15) is 4.79 Å². The van der Waals surface area contributed by atoms with Crippen molar-refractivity contribution >= 4 is 23.3 Å². The van der Waals surface area contributed by atoms with E-state index < -0.39 is 5.97 Å². The first-order chi connectivity index (χ1) is 10.9. The van der Waals surface area contributed by atoms with Crippen molar-refractivity contribution in [2.24, 2.45) is 0 Å². The van der Waals surface area contributed by atoms with Gasteiger partial charge >= 0.3 is 5.97 Å². The molecule has 2 rings (SSSR count). The number of ether oxygens (including phenoxy) is 1. The SMILES string of the molecule is C/C=C(\Oc1cc(C(=O)O)ccc1C)c1cc(Cl)cc(CC)c1. The van der Waals surface area contributed by atoms with Crippen LogP contribution in [-0.2, 0) is 6.42 Å². The van der Waals surface area contributed by atoms with E-state index in [0.717, 1.165) is 23.1 Å². The molecule has 0 aliphatic heterocycles. The molecule has 0 radical (unpaired) electrons. The summed E-state index contributed by atoms with van der Waals surface area (Å²) in [6, 6.07) is 10.6. The molecular formula is C19H19ClO3. The van der Waals surface area contributed by atoms with Gasteiger partial charge in [0.05, 0.1) is 5.56 Å². The van der Waals surface area contributed by atoms with Gasteiger partial charge in [-0.15, -0.1) is 0 Å². The second-order valence-corrected chi connectivity index (χ2v) is 5.68. The quantitative estimate of drug-likeness (QED) is 0.752. The lowest BCUT2D eigenvalue weighted by molar-refractivity contribution is 0.0696. The number of carboxylic acids is 1. The molecule has 23 heavy (non-hydrogen) atoms. The Kier molecular flexibility index (Phi) is 5.45. The van der Waals surface area contributed by atoms with Crippen LogP contribution in [0.5, 0.6) is 5.75 Å². The normalized spacial score (nSPS) is 11.4. The van der Waals surface area contributed by atoms with Gasteiger partial charge in [-0.3, -0.25) is 0 Å². The first-order valence-corrected chi connectivity index (χ1v) is 7.80. The van der Waals surface area contributed by atoms with Crippen LogP contribution in [0.3, 0.4) is 0 Å². The van der Waals surface area contributed by atoms with E-state index in [1.807, 2.05) is 38.1 Å². The summed E-state index contributed by atoms with van der Waals surface area (Å²) in [6.07, 6.45) is 2.72. The van der Waals surface area contributed by atoms with E-state index in [1.165, 1.54) is 6.07 Å². The third kappa shape index (κ3) is 4.14. The second kappa shape index (κ2) is 7.34. The van der Waals surface area contributed by atoms with Crippen LogP contribution in [0.4, 0.5) is 0 Å². The Hall–Kier alpha value is -2.26. The lowest BCUT2D eigenvalue weighted by atomic mass is 10.1. The molecule has 0 atom stereocenters. The van der Waals surface area contributed by atoms with Crippen molar-refractivity contribution in [3.63, 3.8) is 0 Å². The van der Waals surface area contributed by atoms with E-state index in [1.54, 1.807) is 12.1 Å². The molecule has 3 nitrogen and oxygen atoms in total. The predicted octanol–water partition coefficient (Wildman–Crippen LogP) is 5.35. The van der Waals surface area contributed by atoms with E-state index in [4.69, 9.17) is 21.4 Å². The summed E-state index contributed by atoms with van der Waals surface area (Å²) < 4.78 is 5.96. The zero-order chi connectivity index (χ0) is 17.0. The van der Waals surface area contributed by atoms with Crippen LogP contribution in [0.1, 0.15) is 40.9 Å². The predicted molar refractivity (Wildman–Crippen MR) is 93.2 cm³/mol. The summed E-state index contributed by atoms with van der Waals surface area (Å²) in [4.78, 5) is 11.1. The second-order valence-electron chi connectivity index (χ2n) is 5.24. The number of carboxylic acid groups (broad SMARTS) is 1. The van der Waals surface area contributed by atoms with Gasteiger partial charge in [0.2, 0.25) is 0 Å². The molecule has 0 saturated carbocycles. The van der Waals surface area contributed by atoms with Gasteiger partial charge in [-0.2, -0.15) is 0 Å². The van der Waals surface area contributed by atoms with Crippen LogP contribution in [0.15, 0.2) is 42.5 Å². The van der Waals surface area contributed by atoms with Crippen LogP contribution in [-0.4, -0.2) is 11.1 Å². The van der Waals surface area contributed by atoms with Crippen LogP contribution < -0.4 is 4.74 Å². The first kappa shape index (κ1) is 17.1. The van der Waals surface area contributed by atoms with Gasteiger partial charge in [0.25, 0.3) is 0 Å². The minimum atomic E-state index is -0.979. The van der Waals surface area contributed by atoms with Gasteiger partial charge in [0.1, 0.15) is 11.5 Å². The van der Waals surface area contributed by atoms with Crippen molar-refractivity contribution in [3.05, 3.63) is 69.8 Å². The summed E-state index contributed by atoms with van der Waals surface area (Å²) in [6.45, 7) is 5.81. The molecule has 0 aliphatic rings. The average Bonchev–Trinajstić information content (AvgIpc) is 2.53. The highest BCUT2D eigenvalue weighted by Crippen LogP contribution is 2.28. The third-order valence-electron chi connectivity index (χ3n) is 3.57. The minimum Gasteiger partial charge on any atom is -0.478 e. The van der Waals surface area contributed by atoms with Gasteiger partial charge in [0.15, 0.2) is 0 Å². The molecule has 0 fully saturated rings. The molecule has 2 aromatic rings. The number of rotatable bonds is 5. The largest absolute Gasteiger partial charge is 0.478 e. The Morgan fingerprint density at radius 1 is 1.22 bits per heavy atom. The highest BCUT2D eigenvalue weighted by atomic mass is 35.5. The van der Waals surface area contributed by atoms with Gasteiger partial charge in [-0.25, -0.2) is 4.79 Å². The number of hydrogen-bond acceptors (Lipinski definition) is 2. The highest BCUT2D eigenvalue weighted by molar-refractivity contribution is 6.30. The van der Waals surface area contributed by atoms with Crippen molar-refractivity contribution in [2.45, 2.75) is 27.2 Å². The first-order valence-electron chi connectivity index (χ1n) is 7.42. The lowest BCUT2D eigenvalue weighted by Crippen LogP contribution is -2.01. The molecule has 0 aromatic heterocycles. The molecule has 0 saturated heterocycles. The molecule has 0 heterocycles. The fourth-order valence-electron chi connectivity index (χ4n) is 2.24. The van der Waals surface area contributed by atoms with Crippen LogP contribution in [0.25, 0.3) is 5.76 Å². The van der Waals surface area contributed by atoms with Crippen LogP contribution in [0.2, 0.25) is 5.02 Å². The molecule has 0 unspecified atom stereocenters. The standard InChI is InChI=1S/C19H19ClO3/c1-4-13-8-15(10-16(20)9-13)17(5-2)23-18-11-14(19(21)22)7-6-12(18)3/h5-11H,4H2,1-3H3,(H,21,22)/b17-5-. The topological polar surface area (TPSA) is 46.5 Å². The van der Waals surface area contributed by atoms with Crippen molar-refractivity contribution in [3.8, 4) is 5.75 Å². The van der Waals surface area contributed by atoms with Crippen molar-refractivity contribution in [1.82, 2.24) is 0 Å². The Morgan fingerprint density at radius 3 is 2.57 bits per heavy atom. The molecule has 0 spiro atoms. The summed E-state index contributed by atoms with van der Waals surface area (Å²) in [5.74, 6) is 0.191. The maximum atomic E-state index is 11.1. The average molecular weight is 331 g/mol. The van der Waals surface area contributed by atoms with E-state index >= 15 is 0 Å². The van der Waals surface area contributed by atoms with Crippen molar-refractivity contribution < 1.29 is 14.6 Å². The molecule has 1 N–H and O–H groups in total. The Labute approximate surface area is 141 Å². The number of carbonyl (C=O) groups is 1. The van der Waals surface area contributed by atoms with E-state index in [0.29, 0.717) is 16.5 Å². The fraction of sp³-hybridized carbons (Fsp3) is 0.211. The number of aromatic carboxylic acids is 1.